The van der Waals surface area contributed by atoms with Crippen molar-refractivity contribution in [3.63, 3.8) is 0 Å². The molecule has 156 valence electrons. The summed E-state index contributed by atoms with van der Waals surface area (Å²) in [5.41, 5.74) is 3.66. The number of Topliss-reactive ketones (excluding diaryl/α,β-unsaturated/α-hetero) is 1. The number of carbonyl (C=O) groups is 2. The van der Waals surface area contributed by atoms with Crippen molar-refractivity contribution in [2.24, 2.45) is 5.92 Å². The molecule has 0 fully saturated rings. The van der Waals surface area contributed by atoms with Gasteiger partial charge in [0.05, 0.1) is 6.61 Å². The normalized spacial score (nSPS) is 21.5. The minimum atomic E-state index is -0.190. The van der Waals surface area contributed by atoms with Crippen molar-refractivity contribution in [1.82, 2.24) is 5.32 Å². The van der Waals surface area contributed by atoms with Crippen molar-refractivity contribution < 1.29 is 14.3 Å². The molecule has 1 aliphatic heterocycles. The van der Waals surface area contributed by atoms with Crippen LogP contribution in [0.1, 0.15) is 56.1 Å². The van der Waals surface area contributed by atoms with Crippen molar-refractivity contribution in [2.75, 3.05) is 6.61 Å². The first-order valence-corrected chi connectivity index (χ1v) is 11.2. The highest BCUT2D eigenvalue weighted by Crippen LogP contribution is 2.44. The molecule has 2 aliphatic rings. The molecule has 1 amide bonds. The van der Waals surface area contributed by atoms with Crippen molar-refractivity contribution in [1.29, 1.82) is 0 Å². The lowest BCUT2D eigenvalue weighted by Gasteiger charge is -2.34. The molecule has 30 heavy (non-hydrogen) atoms. The lowest BCUT2D eigenvalue weighted by Crippen LogP contribution is -2.38. The lowest BCUT2D eigenvalue weighted by molar-refractivity contribution is -0.122. The molecule has 0 aromatic heterocycles. The van der Waals surface area contributed by atoms with Gasteiger partial charge in [0.25, 0.3) is 0 Å². The summed E-state index contributed by atoms with van der Waals surface area (Å²) >= 11 is 3.59. The number of carbonyl (C=O) groups excluding carboxylic acids is 2. The number of hydrogen-bond donors (Lipinski definition) is 1. The summed E-state index contributed by atoms with van der Waals surface area (Å²) in [7, 11) is 0. The quantitative estimate of drug-likeness (QED) is 0.632. The molecule has 2 aromatic carbocycles. The molecule has 0 bridgehead atoms. The fourth-order valence-electron chi connectivity index (χ4n) is 4.32. The molecule has 0 saturated heterocycles. The highest BCUT2D eigenvalue weighted by molar-refractivity contribution is 9.10. The lowest BCUT2D eigenvalue weighted by atomic mass is 9.73. The molecular formula is C25H26BrNO3. The Hall–Kier alpha value is -2.40. The molecule has 0 radical (unpaired) electrons. The number of nitrogens with one attached hydrogen (secondary N) is 1. The third kappa shape index (κ3) is 4.36. The van der Waals surface area contributed by atoms with Gasteiger partial charge in [-0.2, -0.15) is 0 Å². The fraction of sp³-hybridized carbons (Fsp3) is 0.360. The molecule has 1 aliphatic carbocycles. The first kappa shape index (κ1) is 20.9. The van der Waals surface area contributed by atoms with Crippen LogP contribution in [0.3, 0.4) is 0 Å². The topological polar surface area (TPSA) is 55.4 Å². The zero-order chi connectivity index (χ0) is 21.3. The summed E-state index contributed by atoms with van der Waals surface area (Å²) in [6.07, 6.45) is 1.43. The average Bonchev–Trinajstić information content (AvgIpc) is 2.72. The maximum atomic E-state index is 13.2. The van der Waals surface area contributed by atoms with E-state index in [-0.39, 0.29) is 23.5 Å². The Bertz CT molecular complexity index is 994. The second-order valence-electron chi connectivity index (χ2n) is 8.52. The van der Waals surface area contributed by atoms with Crippen molar-refractivity contribution in [3.8, 4) is 5.75 Å². The summed E-state index contributed by atoms with van der Waals surface area (Å²) < 4.78 is 6.70. The maximum Gasteiger partial charge on any atom is 0.225 e. The van der Waals surface area contributed by atoms with Gasteiger partial charge < -0.3 is 10.1 Å². The Morgan fingerprint density at radius 3 is 2.47 bits per heavy atom. The van der Waals surface area contributed by atoms with Crippen LogP contribution in [-0.2, 0) is 9.59 Å². The molecule has 2 unspecified atom stereocenters. The summed E-state index contributed by atoms with van der Waals surface area (Å²) in [5.74, 6) is 1.29. The number of halogens is 1. The first-order valence-electron chi connectivity index (χ1n) is 10.5. The van der Waals surface area contributed by atoms with E-state index in [9.17, 15) is 9.59 Å². The zero-order valence-electron chi connectivity index (χ0n) is 17.3. The van der Waals surface area contributed by atoms with Crippen LogP contribution >= 0.6 is 15.9 Å². The molecule has 1 N–H and O–H groups in total. The van der Waals surface area contributed by atoms with E-state index < -0.39 is 0 Å². The summed E-state index contributed by atoms with van der Waals surface area (Å²) in [4.78, 5) is 25.7. The highest BCUT2D eigenvalue weighted by Gasteiger charge is 2.38. The minimum absolute atomic E-state index is 0.0274. The van der Waals surface area contributed by atoms with Gasteiger partial charge in [-0.1, -0.05) is 60.1 Å². The Morgan fingerprint density at radius 1 is 1.03 bits per heavy atom. The Kier molecular flexibility index (Phi) is 6.09. The van der Waals surface area contributed by atoms with Gasteiger partial charge in [-0.3, -0.25) is 9.59 Å². The Balaban J connectivity index is 1.59. The van der Waals surface area contributed by atoms with E-state index in [0.717, 1.165) is 32.6 Å². The SMILES string of the molecule is CC(C)COc1ccc(C2CC(=O)C3=C(C2)NC(=O)CC3c2ccccc2Br)cc1. The standard InChI is InChI=1S/C25H26BrNO3/c1-15(2)14-30-18-9-7-16(8-10-18)17-11-22-25(23(28)12-17)20(13-24(29)27-22)19-5-3-4-6-21(19)26/h3-10,15,17,20H,11-14H2,1-2H3,(H,27,29). The van der Waals surface area contributed by atoms with Crippen LogP contribution < -0.4 is 10.1 Å². The van der Waals surface area contributed by atoms with Crippen molar-refractivity contribution in [2.45, 2.75) is 44.9 Å². The molecule has 5 heteroatoms. The predicted octanol–water partition coefficient (Wildman–Crippen LogP) is 5.49. The summed E-state index contributed by atoms with van der Waals surface area (Å²) in [5, 5.41) is 2.99. The van der Waals surface area contributed by atoms with E-state index in [1.165, 1.54) is 0 Å². The second-order valence-corrected chi connectivity index (χ2v) is 9.38. The van der Waals surface area contributed by atoms with E-state index in [0.29, 0.717) is 31.8 Å². The van der Waals surface area contributed by atoms with E-state index in [1.807, 2.05) is 48.5 Å². The molecule has 4 nitrogen and oxygen atoms in total. The third-order valence-corrected chi connectivity index (χ3v) is 6.47. The monoisotopic (exact) mass is 467 g/mol. The summed E-state index contributed by atoms with van der Waals surface area (Å²) in [6.45, 7) is 4.92. The zero-order valence-corrected chi connectivity index (χ0v) is 18.9. The van der Waals surface area contributed by atoms with E-state index >= 15 is 0 Å². The van der Waals surface area contributed by atoms with Gasteiger partial charge in [-0.15, -0.1) is 0 Å². The predicted molar refractivity (Wildman–Crippen MR) is 120 cm³/mol. The van der Waals surface area contributed by atoms with Crippen LogP contribution in [0.5, 0.6) is 5.75 Å². The van der Waals surface area contributed by atoms with Gasteiger partial charge in [0.15, 0.2) is 5.78 Å². The van der Waals surface area contributed by atoms with Crippen LogP contribution in [0.15, 0.2) is 64.3 Å². The van der Waals surface area contributed by atoms with Crippen molar-refractivity contribution in [3.05, 3.63) is 75.4 Å². The molecule has 0 saturated carbocycles. The number of amides is 1. The van der Waals surface area contributed by atoms with Gasteiger partial charge >= 0.3 is 0 Å². The molecule has 2 aromatic rings. The maximum absolute atomic E-state index is 13.2. The van der Waals surface area contributed by atoms with Crippen LogP contribution in [0.4, 0.5) is 0 Å². The van der Waals surface area contributed by atoms with Gasteiger partial charge in [0.1, 0.15) is 5.75 Å². The van der Waals surface area contributed by atoms with Gasteiger partial charge in [-0.05, 0) is 47.6 Å². The molecular weight excluding hydrogens is 442 g/mol. The van der Waals surface area contributed by atoms with Crippen LogP contribution in [-0.4, -0.2) is 18.3 Å². The fourth-order valence-corrected chi connectivity index (χ4v) is 4.88. The van der Waals surface area contributed by atoms with E-state index in [2.05, 4.69) is 35.1 Å². The first-order chi connectivity index (χ1) is 14.4. The molecule has 2 atom stereocenters. The van der Waals surface area contributed by atoms with Crippen LogP contribution in [0.25, 0.3) is 0 Å². The number of hydrogen-bond acceptors (Lipinski definition) is 3. The number of ether oxygens (including phenoxy) is 1. The Labute approximate surface area is 185 Å². The number of rotatable bonds is 5. The number of ketones is 1. The Morgan fingerprint density at radius 2 is 1.77 bits per heavy atom. The largest absolute Gasteiger partial charge is 0.493 e. The van der Waals surface area contributed by atoms with E-state index in [1.54, 1.807) is 0 Å². The molecule has 4 rings (SSSR count). The average molecular weight is 468 g/mol. The van der Waals surface area contributed by atoms with Crippen molar-refractivity contribution >= 4 is 27.6 Å². The number of benzene rings is 2. The van der Waals surface area contributed by atoms with Gasteiger partial charge in [0, 0.05) is 34.5 Å². The minimum Gasteiger partial charge on any atom is -0.493 e. The van der Waals surface area contributed by atoms with Gasteiger partial charge in [-0.25, -0.2) is 0 Å². The molecule has 1 heterocycles. The smallest absolute Gasteiger partial charge is 0.225 e. The summed E-state index contributed by atoms with van der Waals surface area (Å²) in [6, 6.07) is 15.9. The van der Waals surface area contributed by atoms with E-state index in [4.69, 9.17) is 4.74 Å². The second kappa shape index (κ2) is 8.76. The molecule has 0 spiro atoms. The van der Waals surface area contributed by atoms with Gasteiger partial charge in [0.2, 0.25) is 5.91 Å². The number of allylic oxidation sites excluding steroid dienone is 2. The van der Waals surface area contributed by atoms with Crippen LogP contribution in [0, 0.1) is 5.92 Å². The third-order valence-electron chi connectivity index (χ3n) is 5.75. The van der Waals surface area contributed by atoms with Crippen LogP contribution in [0.2, 0.25) is 0 Å². The highest BCUT2D eigenvalue weighted by atomic mass is 79.9.